The molecule has 1 aromatic heterocycles. The van der Waals surface area contributed by atoms with Crippen LogP contribution in [0.2, 0.25) is 0 Å². The molecule has 6 nitrogen and oxygen atoms in total. The van der Waals surface area contributed by atoms with Crippen LogP contribution >= 0.6 is 0 Å². The van der Waals surface area contributed by atoms with E-state index in [0.29, 0.717) is 19.3 Å². The summed E-state index contributed by atoms with van der Waals surface area (Å²) in [6.07, 6.45) is 7.52. The number of carbonyl (C=O) groups excluding carboxylic acids is 2. The van der Waals surface area contributed by atoms with Crippen molar-refractivity contribution in [3.63, 3.8) is 0 Å². The van der Waals surface area contributed by atoms with Gasteiger partial charge in [-0.05, 0) is 42.9 Å². The van der Waals surface area contributed by atoms with Crippen molar-refractivity contribution in [3.05, 3.63) is 36.3 Å². The molecule has 1 N–H and O–H groups in total. The number of hydrogen-bond acceptors (Lipinski definition) is 6. The molecular weight excluding hydrogens is 336 g/mol. The molecule has 3 aliphatic heterocycles. The second kappa shape index (κ2) is 4.80. The first kappa shape index (κ1) is 16.1. The molecule has 5 aliphatic rings. The summed E-state index contributed by atoms with van der Waals surface area (Å²) in [5, 5.41) is 11.2. The van der Waals surface area contributed by atoms with Crippen LogP contribution < -0.4 is 0 Å². The molecule has 3 fully saturated rings. The standard InChI is InChI=1S/C20H22O6/c1-18-9-14(11-5-8-24-10-11)25-16(21)12(18)3-6-19(2)15(18)13-4-7-20(19,23)17(22)26-13/h4-5,7-8,10,12-15,23H,3,6,9H2,1-2H3/t12-,13?,14-,15?,18+,19?,20-/m0/s1. The maximum absolute atomic E-state index is 12.8. The molecule has 2 aliphatic carbocycles. The number of fused-ring (bicyclic) bond motifs is 2. The largest absolute Gasteiger partial charge is 0.472 e. The Bertz CT molecular complexity index is 812. The van der Waals surface area contributed by atoms with Gasteiger partial charge in [0.05, 0.1) is 18.4 Å². The lowest BCUT2D eigenvalue weighted by atomic mass is 9.42. The highest BCUT2D eigenvalue weighted by Crippen LogP contribution is 2.67. The number of aliphatic hydroxyl groups is 1. The molecule has 6 heteroatoms. The van der Waals surface area contributed by atoms with Crippen LogP contribution in [0.25, 0.3) is 0 Å². The van der Waals surface area contributed by atoms with Gasteiger partial charge in [-0.2, -0.15) is 0 Å². The Labute approximate surface area is 151 Å². The Balaban J connectivity index is 1.61. The van der Waals surface area contributed by atoms with Crippen molar-refractivity contribution in [3.8, 4) is 0 Å². The van der Waals surface area contributed by atoms with E-state index >= 15 is 0 Å². The van der Waals surface area contributed by atoms with E-state index in [4.69, 9.17) is 13.9 Å². The van der Waals surface area contributed by atoms with E-state index in [1.54, 1.807) is 24.7 Å². The van der Waals surface area contributed by atoms with Crippen molar-refractivity contribution in [2.24, 2.45) is 22.7 Å². The smallest absolute Gasteiger partial charge is 0.343 e. The summed E-state index contributed by atoms with van der Waals surface area (Å²) in [5.41, 5.74) is -1.91. The van der Waals surface area contributed by atoms with Gasteiger partial charge in [-0.25, -0.2) is 4.79 Å². The molecule has 1 saturated carbocycles. The van der Waals surface area contributed by atoms with Crippen LogP contribution in [0.3, 0.4) is 0 Å². The predicted octanol–water partition coefficient (Wildman–Crippen LogP) is 2.53. The van der Waals surface area contributed by atoms with Gasteiger partial charge in [0.25, 0.3) is 0 Å². The Hall–Kier alpha value is -2.08. The molecule has 3 unspecified atom stereocenters. The highest BCUT2D eigenvalue weighted by atomic mass is 16.6. The fourth-order valence-corrected chi connectivity index (χ4v) is 6.16. The molecule has 2 saturated heterocycles. The SMILES string of the molecule is CC12CC[C@H]3C(=O)O[C@H](c4ccoc4)C[C@@]3(C)C1C1C=C[C@]2(O)C(=O)O1. The van der Waals surface area contributed by atoms with Gasteiger partial charge in [-0.1, -0.05) is 13.8 Å². The molecule has 0 aromatic carbocycles. The number of furan rings is 1. The van der Waals surface area contributed by atoms with Gasteiger partial charge in [0, 0.05) is 16.9 Å². The highest BCUT2D eigenvalue weighted by Gasteiger charge is 2.72. The van der Waals surface area contributed by atoms with Crippen molar-refractivity contribution < 1.29 is 28.6 Å². The number of ether oxygens (including phenoxy) is 2. The lowest BCUT2D eigenvalue weighted by Crippen LogP contribution is -2.72. The second-order valence-corrected chi connectivity index (χ2v) is 8.67. The maximum Gasteiger partial charge on any atom is 0.343 e. The summed E-state index contributed by atoms with van der Waals surface area (Å²) >= 11 is 0. The summed E-state index contributed by atoms with van der Waals surface area (Å²) in [6.45, 7) is 4.04. The second-order valence-electron chi connectivity index (χ2n) is 8.67. The van der Waals surface area contributed by atoms with Gasteiger partial charge < -0.3 is 19.0 Å². The van der Waals surface area contributed by atoms with Crippen LogP contribution in [0.5, 0.6) is 0 Å². The van der Waals surface area contributed by atoms with Gasteiger partial charge in [-0.3, -0.25) is 4.79 Å². The molecule has 7 atom stereocenters. The minimum absolute atomic E-state index is 0.149. The predicted molar refractivity (Wildman–Crippen MR) is 88.6 cm³/mol. The third-order valence-electron chi connectivity index (χ3n) is 7.51. The Morgan fingerprint density at radius 3 is 2.73 bits per heavy atom. The van der Waals surface area contributed by atoms with Crippen molar-refractivity contribution in [1.82, 2.24) is 0 Å². The van der Waals surface area contributed by atoms with Crippen LogP contribution in [0.4, 0.5) is 0 Å². The minimum Gasteiger partial charge on any atom is -0.472 e. The number of hydrogen-bond donors (Lipinski definition) is 1. The van der Waals surface area contributed by atoms with Gasteiger partial charge in [-0.15, -0.1) is 0 Å². The molecule has 26 heavy (non-hydrogen) atoms. The minimum atomic E-state index is -1.63. The fourth-order valence-electron chi connectivity index (χ4n) is 6.16. The Kier molecular flexibility index (Phi) is 2.97. The van der Waals surface area contributed by atoms with Crippen LogP contribution in [0.15, 0.2) is 35.2 Å². The number of carbonyl (C=O) groups is 2. The molecule has 4 heterocycles. The summed E-state index contributed by atoms with van der Waals surface area (Å²) in [6, 6.07) is 1.81. The molecule has 0 amide bonds. The summed E-state index contributed by atoms with van der Waals surface area (Å²) in [7, 11) is 0. The lowest BCUT2D eigenvalue weighted by molar-refractivity contribution is -0.259. The molecule has 0 radical (unpaired) electrons. The van der Waals surface area contributed by atoms with Crippen molar-refractivity contribution >= 4 is 11.9 Å². The zero-order valence-electron chi connectivity index (χ0n) is 14.8. The van der Waals surface area contributed by atoms with Gasteiger partial charge in [0.15, 0.2) is 5.60 Å². The summed E-state index contributed by atoms with van der Waals surface area (Å²) in [4.78, 5) is 25.2. The van der Waals surface area contributed by atoms with E-state index in [1.807, 2.05) is 13.0 Å². The van der Waals surface area contributed by atoms with Crippen molar-refractivity contribution in [1.29, 1.82) is 0 Å². The third-order valence-corrected chi connectivity index (χ3v) is 7.51. The monoisotopic (exact) mass is 358 g/mol. The zero-order chi connectivity index (χ0) is 18.3. The molecule has 0 spiro atoms. The van der Waals surface area contributed by atoms with Crippen molar-refractivity contribution in [2.45, 2.75) is 50.9 Å². The molecular formula is C20H22O6. The molecule has 138 valence electrons. The quantitative estimate of drug-likeness (QED) is 0.613. The van der Waals surface area contributed by atoms with Gasteiger partial charge in [0.1, 0.15) is 12.2 Å². The number of rotatable bonds is 1. The van der Waals surface area contributed by atoms with Gasteiger partial charge in [0.2, 0.25) is 0 Å². The first-order chi connectivity index (χ1) is 12.3. The van der Waals surface area contributed by atoms with E-state index in [9.17, 15) is 14.7 Å². The van der Waals surface area contributed by atoms with Crippen molar-refractivity contribution in [2.75, 3.05) is 0 Å². The topological polar surface area (TPSA) is 86.0 Å². The van der Waals surface area contributed by atoms with E-state index in [2.05, 4.69) is 6.92 Å². The maximum atomic E-state index is 12.8. The first-order valence-electron chi connectivity index (χ1n) is 9.15. The van der Waals surface area contributed by atoms with Crippen LogP contribution in [0, 0.1) is 22.7 Å². The van der Waals surface area contributed by atoms with E-state index in [-0.39, 0.29) is 23.9 Å². The average molecular weight is 358 g/mol. The number of cyclic esters (lactones) is 1. The fraction of sp³-hybridized carbons (Fsp3) is 0.600. The summed E-state index contributed by atoms with van der Waals surface area (Å²) < 4.78 is 16.4. The van der Waals surface area contributed by atoms with Crippen LogP contribution in [0.1, 0.15) is 44.8 Å². The van der Waals surface area contributed by atoms with E-state index in [1.165, 1.54) is 0 Å². The van der Waals surface area contributed by atoms with E-state index < -0.39 is 28.5 Å². The highest BCUT2D eigenvalue weighted by molar-refractivity contribution is 5.86. The Morgan fingerprint density at radius 2 is 2.04 bits per heavy atom. The molecule has 1 aromatic rings. The zero-order valence-corrected chi connectivity index (χ0v) is 14.8. The molecule has 6 rings (SSSR count). The Morgan fingerprint density at radius 1 is 1.23 bits per heavy atom. The van der Waals surface area contributed by atoms with Gasteiger partial charge >= 0.3 is 11.9 Å². The molecule has 2 bridgehead atoms. The third kappa shape index (κ3) is 1.71. The first-order valence-corrected chi connectivity index (χ1v) is 9.15. The lowest BCUT2D eigenvalue weighted by Gasteiger charge is -2.65. The number of esters is 2. The van der Waals surface area contributed by atoms with E-state index in [0.717, 1.165) is 5.56 Å². The van der Waals surface area contributed by atoms with Crippen LogP contribution in [-0.4, -0.2) is 28.8 Å². The van der Waals surface area contributed by atoms with Crippen LogP contribution in [-0.2, 0) is 19.1 Å². The average Bonchev–Trinajstić information content (AvgIpc) is 3.10. The summed E-state index contributed by atoms with van der Waals surface area (Å²) in [5.74, 6) is -1.20. The normalized spacial score (nSPS) is 49.2.